The Labute approximate surface area is 217 Å². The average Bonchev–Trinajstić information content (AvgIpc) is 2.77. The largest absolute Gasteiger partial charge is 0.508 e. The number of ether oxygens (including phenoxy) is 1. The summed E-state index contributed by atoms with van der Waals surface area (Å²) in [5, 5.41) is 34.1. The van der Waals surface area contributed by atoms with Crippen LogP contribution in [0.4, 0.5) is 0 Å². The number of benzene rings is 1. The zero-order valence-corrected chi connectivity index (χ0v) is 22.4. The summed E-state index contributed by atoms with van der Waals surface area (Å²) in [6.45, 7) is 3.61. The summed E-state index contributed by atoms with van der Waals surface area (Å²) >= 11 is 2.18. The number of halogens is 1. The first-order valence-corrected chi connectivity index (χ1v) is 12.8. The highest BCUT2D eigenvalue weighted by molar-refractivity contribution is 14.1. The monoisotopic (exact) mass is 595 g/mol. The van der Waals surface area contributed by atoms with Crippen LogP contribution in [0.5, 0.6) is 5.75 Å². The fraction of sp³-hybridized carbons (Fsp3) is 0.500. The lowest BCUT2D eigenvalue weighted by Gasteiger charge is -2.50. The molecule has 3 aliphatic rings. The summed E-state index contributed by atoms with van der Waals surface area (Å²) in [5.41, 5.74) is -1.80. The number of hydrogen-bond donors (Lipinski definition) is 3. The number of hydrogen-bond acceptors (Lipinski definition) is 8. The van der Waals surface area contributed by atoms with Crippen LogP contribution in [0.15, 0.2) is 29.0 Å². The van der Waals surface area contributed by atoms with Gasteiger partial charge in [0.25, 0.3) is 0 Å². The third kappa shape index (κ3) is 3.82. The van der Waals surface area contributed by atoms with Crippen molar-refractivity contribution >= 4 is 45.7 Å². The van der Waals surface area contributed by atoms with Gasteiger partial charge < -0.3 is 20.1 Å². The normalized spacial score (nSPS) is 28.1. The number of unbranched alkanes of at least 4 members (excludes halogenated alkanes) is 1. The number of nitrogens with zero attached hydrogens (tertiary/aromatic N) is 1. The van der Waals surface area contributed by atoms with Crippen molar-refractivity contribution in [1.29, 1.82) is 0 Å². The van der Waals surface area contributed by atoms with Gasteiger partial charge >= 0.3 is 0 Å². The number of likely N-dealkylation sites (N-methyl/N-ethyl adjacent to an activating group) is 1. The SMILES string of the molecule is CCCCOc1ccc(I)c2c1C(O)=C1C(=O)[C@]3(O)C(O)=C(C(C)=O)C(=O)[C@@H](N(C)C)[C@@H]3C[C@@H]1C2. The van der Waals surface area contributed by atoms with E-state index >= 15 is 0 Å². The van der Waals surface area contributed by atoms with E-state index < -0.39 is 52.2 Å². The Morgan fingerprint density at radius 2 is 1.94 bits per heavy atom. The summed E-state index contributed by atoms with van der Waals surface area (Å²) < 4.78 is 6.83. The number of Topliss-reactive ketones (excluding diaryl/α,β-unsaturated/α-hetero) is 3. The number of aliphatic hydroxyl groups is 3. The van der Waals surface area contributed by atoms with Crippen molar-refractivity contribution in [2.75, 3.05) is 20.7 Å². The Kier molecular flexibility index (Phi) is 6.89. The van der Waals surface area contributed by atoms with Crippen LogP contribution in [0.1, 0.15) is 44.2 Å². The molecule has 0 amide bonds. The standard InChI is InChI=1S/C26H30INO7/c1-5-6-9-35-17-8-7-16(27)14-10-13-11-15-21(28(3)4)23(31)18(12(2)29)24(32)26(15,34)25(33)19(13)22(30)20(14)17/h7-8,13,15,21,30,32,34H,5-6,9-11H2,1-4H3/t13-,15-,21-,26+/m0/s1. The van der Waals surface area contributed by atoms with Crippen molar-refractivity contribution in [1.82, 2.24) is 4.90 Å². The van der Waals surface area contributed by atoms with Crippen LogP contribution in [0.2, 0.25) is 0 Å². The molecule has 0 aliphatic heterocycles. The average molecular weight is 595 g/mol. The molecule has 0 radical (unpaired) electrons. The lowest BCUT2D eigenvalue weighted by atomic mass is 9.57. The van der Waals surface area contributed by atoms with E-state index in [1.54, 1.807) is 25.1 Å². The van der Waals surface area contributed by atoms with Crippen molar-refractivity contribution in [2.24, 2.45) is 11.8 Å². The second-order valence-corrected chi connectivity index (χ2v) is 10.9. The van der Waals surface area contributed by atoms with E-state index in [1.165, 1.54) is 0 Å². The minimum atomic E-state index is -2.49. The lowest BCUT2D eigenvalue weighted by molar-refractivity contribution is -0.153. The highest BCUT2D eigenvalue weighted by Gasteiger charge is 2.64. The molecule has 188 valence electrons. The molecule has 0 unspecified atom stereocenters. The molecule has 0 heterocycles. The number of fused-ring (bicyclic) bond motifs is 3. The van der Waals surface area contributed by atoms with Crippen LogP contribution in [0.25, 0.3) is 5.76 Å². The van der Waals surface area contributed by atoms with Crippen LogP contribution in [0, 0.1) is 15.4 Å². The Bertz CT molecular complexity index is 1180. The molecule has 8 nitrogen and oxygen atoms in total. The van der Waals surface area contributed by atoms with E-state index in [2.05, 4.69) is 22.6 Å². The predicted octanol–water partition coefficient (Wildman–Crippen LogP) is 3.15. The molecule has 9 heteroatoms. The zero-order valence-electron chi connectivity index (χ0n) is 20.2. The third-order valence-electron chi connectivity index (χ3n) is 7.39. The van der Waals surface area contributed by atoms with Gasteiger partial charge in [-0.3, -0.25) is 19.3 Å². The smallest absolute Gasteiger partial charge is 0.202 e. The third-order valence-corrected chi connectivity index (χ3v) is 8.40. The number of carbonyl (C=O) groups excluding carboxylic acids is 3. The Balaban J connectivity index is 1.92. The number of carbonyl (C=O) groups is 3. The van der Waals surface area contributed by atoms with E-state index in [0.717, 1.165) is 28.9 Å². The maximum atomic E-state index is 13.9. The van der Waals surface area contributed by atoms with Crippen LogP contribution >= 0.6 is 22.6 Å². The second kappa shape index (κ2) is 9.33. The molecule has 35 heavy (non-hydrogen) atoms. The first-order valence-electron chi connectivity index (χ1n) is 11.8. The molecule has 0 bridgehead atoms. The van der Waals surface area contributed by atoms with Crippen LogP contribution < -0.4 is 4.74 Å². The molecular weight excluding hydrogens is 565 g/mol. The topological polar surface area (TPSA) is 124 Å². The van der Waals surface area contributed by atoms with Gasteiger partial charge in [0.2, 0.25) is 5.78 Å². The van der Waals surface area contributed by atoms with Gasteiger partial charge in [-0.2, -0.15) is 0 Å². The van der Waals surface area contributed by atoms with Crippen molar-refractivity contribution in [2.45, 2.75) is 51.2 Å². The molecule has 3 aliphatic carbocycles. The fourth-order valence-corrected chi connectivity index (χ4v) is 6.41. The molecule has 4 rings (SSSR count). The van der Waals surface area contributed by atoms with E-state index in [1.807, 2.05) is 13.0 Å². The Morgan fingerprint density at radius 1 is 1.26 bits per heavy atom. The van der Waals surface area contributed by atoms with Crippen LogP contribution in [0.3, 0.4) is 0 Å². The predicted molar refractivity (Wildman–Crippen MR) is 137 cm³/mol. The van der Waals surface area contributed by atoms with E-state index in [0.29, 0.717) is 24.3 Å². The zero-order chi connectivity index (χ0) is 25.8. The summed E-state index contributed by atoms with van der Waals surface area (Å²) in [7, 11) is 3.27. The summed E-state index contributed by atoms with van der Waals surface area (Å²) in [6, 6.07) is 2.68. The maximum Gasteiger partial charge on any atom is 0.202 e. The first kappa shape index (κ1) is 25.8. The van der Waals surface area contributed by atoms with E-state index in [9.17, 15) is 29.7 Å². The Hall–Kier alpha value is -2.24. The number of rotatable bonds is 6. The van der Waals surface area contributed by atoms with Crippen LogP contribution in [-0.2, 0) is 20.8 Å². The molecule has 3 N–H and O–H groups in total. The minimum Gasteiger partial charge on any atom is -0.508 e. The molecule has 0 spiro atoms. The molecule has 0 aromatic heterocycles. The lowest BCUT2D eigenvalue weighted by Crippen LogP contribution is -2.65. The highest BCUT2D eigenvalue weighted by Crippen LogP contribution is 2.53. The second-order valence-electron chi connectivity index (χ2n) is 9.75. The number of ketones is 3. The maximum absolute atomic E-state index is 13.9. The first-order chi connectivity index (χ1) is 16.5. The summed E-state index contributed by atoms with van der Waals surface area (Å²) in [6.07, 6.45) is 2.34. The molecular formula is C26H30INO7. The molecule has 4 atom stereocenters. The van der Waals surface area contributed by atoms with Gasteiger partial charge in [-0.15, -0.1) is 0 Å². The molecule has 1 aromatic carbocycles. The van der Waals surface area contributed by atoms with Crippen LogP contribution in [-0.4, -0.2) is 69.9 Å². The fourth-order valence-electron chi connectivity index (χ4n) is 5.74. The molecule has 1 fully saturated rings. The van der Waals surface area contributed by atoms with Gasteiger partial charge in [-0.25, -0.2) is 0 Å². The van der Waals surface area contributed by atoms with Gasteiger partial charge in [0.15, 0.2) is 17.2 Å². The van der Waals surface area contributed by atoms with Crippen molar-refractivity contribution in [3.63, 3.8) is 0 Å². The molecule has 0 saturated heterocycles. The van der Waals surface area contributed by atoms with E-state index in [-0.39, 0.29) is 17.8 Å². The van der Waals surface area contributed by atoms with Crippen molar-refractivity contribution < 1.29 is 34.4 Å². The van der Waals surface area contributed by atoms with Crippen molar-refractivity contribution in [3.05, 3.63) is 43.7 Å². The quantitative estimate of drug-likeness (QED) is 0.261. The van der Waals surface area contributed by atoms with Crippen molar-refractivity contribution in [3.8, 4) is 5.75 Å². The van der Waals surface area contributed by atoms with Gasteiger partial charge in [-0.1, -0.05) is 13.3 Å². The molecule has 1 aromatic rings. The van der Waals surface area contributed by atoms with Gasteiger partial charge in [0, 0.05) is 15.1 Å². The van der Waals surface area contributed by atoms with Gasteiger partial charge in [0.05, 0.1) is 18.2 Å². The summed E-state index contributed by atoms with van der Waals surface area (Å²) in [5.74, 6) is -4.43. The van der Waals surface area contributed by atoms with E-state index in [4.69, 9.17) is 4.74 Å². The van der Waals surface area contributed by atoms with Gasteiger partial charge in [0.1, 0.15) is 22.8 Å². The van der Waals surface area contributed by atoms with Gasteiger partial charge in [-0.05, 0) is 86.5 Å². The highest BCUT2D eigenvalue weighted by atomic mass is 127. The number of aliphatic hydroxyl groups excluding tert-OH is 2. The minimum absolute atomic E-state index is 0.0000938. The summed E-state index contributed by atoms with van der Waals surface area (Å²) in [4.78, 5) is 40.9. The Morgan fingerprint density at radius 3 is 2.54 bits per heavy atom. The molecule has 1 saturated carbocycles.